The van der Waals surface area contributed by atoms with Gasteiger partial charge in [-0.3, -0.25) is 10.1 Å². The van der Waals surface area contributed by atoms with Gasteiger partial charge in [-0.2, -0.15) is 0 Å². The number of hydrogen-bond acceptors (Lipinski definition) is 5. The van der Waals surface area contributed by atoms with Crippen LogP contribution in [0.15, 0.2) is 39.0 Å². The fourth-order valence-electron chi connectivity index (χ4n) is 1.65. The predicted octanol–water partition coefficient (Wildman–Crippen LogP) is 3.21. The van der Waals surface area contributed by atoms with Gasteiger partial charge in [0.25, 0.3) is 5.69 Å². The smallest absolute Gasteiger partial charge is 0.258 e. The highest BCUT2D eigenvalue weighted by Gasteiger charge is 2.20. The molecule has 0 amide bonds. The van der Waals surface area contributed by atoms with E-state index in [0.717, 1.165) is 15.4 Å². The van der Waals surface area contributed by atoms with Crippen LogP contribution in [-0.4, -0.2) is 13.3 Å². The monoisotopic (exact) mass is 390 g/mol. The molecule has 0 fully saturated rings. The van der Waals surface area contributed by atoms with Crippen LogP contribution in [-0.2, 0) is 16.6 Å². The maximum atomic E-state index is 12.2. The third-order valence-corrected chi connectivity index (χ3v) is 6.13. The first-order chi connectivity index (χ1) is 9.81. The van der Waals surface area contributed by atoms with Crippen molar-refractivity contribution < 1.29 is 13.3 Å². The van der Waals surface area contributed by atoms with Crippen molar-refractivity contribution in [2.75, 3.05) is 0 Å². The van der Waals surface area contributed by atoms with E-state index in [9.17, 15) is 18.5 Å². The minimum absolute atomic E-state index is 0.118. The molecule has 1 heterocycles. The molecule has 6 nitrogen and oxygen atoms in total. The minimum atomic E-state index is -3.79. The highest BCUT2D eigenvalue weighted by Crippen LogP contribution is 2.24. The summed E-state index contributed by atoms with van der Waals surface area (Å²) in [5.74, 6) is 0. The van der Waals surface area contributed by atoms with Gasteiger partial charge >= 0.3 is 0 Å². The van der Waals surface area contributed by atoms with E-state index in [2.05, 4.69) is 20.7 Å². The van der Waals surface area contributed by atoms with Crippen LogP contribution in [0, 0.1) is 17.0 Å². The second-order valence-corrected chi connectivity index (χ2v) is 7.84. The summed E-state index contributed by atoms with van der Waals surface area (Å²) in [6.45, 7) is 1.69. The van der Waals surface area contributed by atoms with Crippen LogP contribution in [0.2, 0.25) is 0 Å². The third kappa shape index (κ3) is 3.67. The molecule has 9 heteroatoms. The molecule has 0 aliphatic heterocycles. The summed E-state index contributed by atoms with van der Waals surface area (Å²) < 4.78 is 27.6. The Morgan fingerprint density at radius 2 is 2.10 bits per heavy atom. The van der Waals surface area contributed by atoms with Gasteiger partial charge in [0.2, 0.25) is 10.0 Å². The fraction of sp³-hybridized carbons (Fsp3) is 0.167. The number of sulfonamides is 1. The minimum Gasteiger partial charge on any atom is -0.258 e. The van der Waals surface area contributed by atoms with E-state index in [4.69, 9.17) is 0 Å². The molecule has 0 bridgehead atoms. The largest absolute Gasteiger partial charge is 0.273 e. The number of nitro benzene ring substituents is 1. The number of halogens is 1. The third-order valence-electron chi connectivity index (χ3n) is 2.80. The predicted molar refractivity (Wildman–Crippen MR) is 83.9 cm³/mol. The lowest BCUT2D eigenvalue weighted by Crippen LogP contribution is -2.23. The Bertz CT molecular complexity index is 786. The maximum absolute atomic E-state index is 12.2. The van der Waals surface area contributed by atoms with Crippen LogP contribution in [0.1, 0.15) is 10.4 Å². The lowest BCUT2D eigenvalue weighted by Gasteiger charge is -2.07. The summed E-state index contributed by atoms with van der Waals surface area (Å²) >= 11 is 4.73. The number of nitro groups is 1. The molecule has 0 saturated carbocycles. The van der Waals surface area contributed by atoms with E-state index in [1.807, 2.05) is 11.4 Å². The van der Waals surface area contributed by atoms with E-state index in [1.54, 1.807) is 6.92 Å². The molecule has 1 aromatic carbocycles. The Morgan fingerprint density at radius 3 is 2.67 bits per heavy atom. The molecule has 112 valence electrons. The van der Waals surface area contributed by atoms with Crippen molar-refractivity contribution in [3.8, 4) is 0 Å². The quantitative estimate of drug-likeness (QED) is 0.626. The van der Waals surface area contributed by atoms with Crippen molar-refractivity contribution in [2.45, 2.75) is 18.4 Å². The number of rotatable bonds is 5. The first kappa shape index (κ1) is 16.1. The molecule has 0 aliphatic carbocycles. The molecule has 0 atom stereocenters. The second-order valence-electron chi connectivity index (χ2n) is 4.22. The van der Waals surface area contributed by atoms with Gasteiger partial charge in [-0.1, -0.05) is 6.07 Å². The van der Waals surface area contributed by atoms with Crippen molar-refractivity contribution in [2.24, 2.45) is 0 Å². The molecule has 2 aromatic rings. The molecule has 2 rings (SSSR count). The van der Waals surface area contributed by atoms with Gasteiger partial charge in [-0.15, -0.1) is 11.3 Å². The Hall–Kier alpha value is -1.29. The van der Waals surface area contributed by atoms with Crippen LogP contribution in [0.25, 0.3) is 0 Å². The van der Waals surface area contributed by atoms with Crippen molar-refractivity contribution in [1.29, 1.82) is 0 Å². The Morgan fingerprint density at radius 1 is 1.38 bits per heavy atom. The first-order valence-corrected chi connectivity index (χ1v) is 8.93. The van der Waals surface area contributed by atoms with Gasteiger partial charge in [0, 0.05) is 27.5 Å². The van der Waals surface area contributed by atoms with Crippen molar-refractivity contribution in [3.05, 3.63) is 54.7 Å². The number of hydrogen-bond donors (Lipinski definition) is 1. The molecular weight excluding hydrogens is 380 g/mol. The van der Waals surface area contributed by atoms with Crippen LogP contribution >= 0.6 is 27.3 Å². The van der Waals surface area contributed by atoms with Crippen molar-refractivity contribution >= 4 is 43.0 Å². The van der Waals surface area contributed by atoms with E-state index < -0.39 is 14.9 Å². The molecular formula is C12H11BrN2O4S2. The average molecular weight is 391 g/mol. The highest BCUT2D eigenvalue weighted by atomic mass is 79.9. The molecule has 1 aromatic heterocycles. The normalized spacial score (nSPS) is 11.5. The Kier molecular flexibility index (Phi) is 4.77. The zero-order valence-corrected chi connectivity index (χ0v) is 14.1. The second kappa shape index (κ2) is 6.22. The molecule has 21 heavy (non-hydrogen) atoms. The molecule has 0 unspecified atom stereocenters. The van der Waals surface area contributed by atoms with Gasteiger partial charge in [-0.05, 0) is 40.4 Å². The zero-order chi connectivity index (χ0) is 15.6. The number of thiophene rings is 1. The number of benzene rings is 1. The van der Waals surface area contributed by atoms with Gasteiger partial charge in [0.1, 0.15) is 0 Å². The van der Waals surface area contributed by atoms with Gasteiger partial charge < -0.3 is 0 Å². The summed E-state index contributed by atoms with van der Waals surface area (Å²) in [5.41, 5.74) is 0.204. The fourth-order valence-corrected chi connectivity index (χ4v) is 4.19. The summed E-state index contributed by atoms with van der Waals surface area (Å²) in [7, 11) is -3.79. The molecule has 0 aliphatic rings. The van der Waals surface area contributed by atoms with Crippen molar-refractivity contribution in [3.63, 3.8) is 0 Å². The van der Waals surface area contributed by atoms with Crippen LogP contribution in [0.4, 0.5) is 5.69 Å². The zero-order valence-electron chi connectivity index (χ0n) is 10.9. The van der Waals surface area contributed by atoms with Crippen molar-refractivity contribution in [1.82, 2.24) is 4.72 Å². The average Bonchev–Trinajstić information content (AvgIpc) is 2.82. The standard InChI is InChI=1S/C12H11BrN2O4S2/c1-8-2-3-9(6-11(8)15(16)17)21(18,19)14-7-12-10(13)4-5-20-12/h2-6,14H,7H2,1H3. The molecule has 1 N–H and O–H groups in total. The van der Waals surface area contributed by atoms with E-state index >= 15 is 0 Å². The SMILES string of the molecule is Cc1ccc(S(=O)(=O)NCc2sccc2Br)cc1[N+](=O)[O-]. The van der Waals surface area contributed by atoms with E-state index in [0.29, 0.717) is 5.56 Å². The lowest BCUT2D eigenvalue weighted by molar-refractivity contribution is -0.385. The van der Waals surface area contributed by atoms with Crippen LogP contribution in [0.3, 0.4) is 0 Å². The van der Waals surface area contributed by atoms with Crippen LogP contribution < -0.4 is 4.72 Å². The topological polar surface area (TPSA) is 89.3 Å². The Labute approximate surface area is 134 Å². The van der Waals surface area contributed by atoms with Gasteiger partial charge in [0.15, 0.2) is 0 Å². The first-order valence-electron chi connectivity index (χ1n) is 5.78. The number of nitrogens with zero attached hydrogens (tertiary/aromatic N) is 1. The maximum Gasteiger partial charge on any atom is 0.273 e. The number of aryl methyl sites for hydroxylation is 1. The van der Waals surface area contributed by atoms with Gasteiger partial charge in [0.05, 0.1) is 9.82 Å². The molecule has 0 radical (unpaired) electrons. The number of nitrogens with one attached hydrogen (secondary N) is 1. The molecule has 0 saturated heterocycles. The summed E-state index contributed by atoms with van der Waals surface area (Å²) in [6, 6.07) is 5.67. The van der Waals surface area contributed by atoms with E-state index in [1.165, 1.54) is 23.5 Å². The van der Waals surface area contributed by atoms with Crippen LogP contribution in [0.5, 0.6) is 0 Å². The van der Waals surface area contributed by atoms with Gasteiger partial charge in [-0.25, -0.2) is 13.1 Å². The van der Waals surface area contributed by atoms with E-state index in [-0.39, 0.29) is 17.1 Å². The Balaban J connectivity index is 2.26. The molecule has 0 spiro atoms. The summed E-state index contributed by atoms with van der Waals surface area (Å²) in [4.78, 5) is 11.0. The summed E-state index contributed by atoms with van der Waals surface area (Å²) in [6.07, 6.45) is 0. The lowest BCUT2D eigenvalue weighted by atomic mass is 10.2. The highest BCUT2D eigenvalue weighted by molar-refractivity contribution is 9.10. The summed E-state index contributed by atoms with van der Waals surface area (Å²) in [5, 5.41) is 12.7.